The highest BCUT2D eigenvalue weighted by Crippen LogP contribution is 2.28. The second-order valence-corrected chi connectivity index (χ2v) is 8.34. The maximum Gasteiger partial charge on any atom is 0.244 e. The lowest BCUT2D eigenvalue weighted by Gasteiger charge is -2.34. The van der Waals surface area contributed by atoms with Gasteiger partial charge >= 0.3 is 0 Å². The molecule has 1 amide bonds. The molecule has 0 aromatic heterocycles. The smallest absolute Gasteiger partial charge is 0.244 e. The molecular formula is C14H18BrClN2O3S. The van der Waals surface area contributed by atoms with E-state index in [0.717, 1.165) is 10.9 Å². The van der Waals surface area contributed by atoms with Gasteiger partial charge in [-0.15, -0.1) is 0 Å². The summed E-state index contributed by atoms with van der Waals surface area (Å²) in [6.07, 6.45) is 1.30. The third-order valence-corrected chi connectivity index (χ3v) is 6.44. The van der Waals surface area contributed by atoms with Crippen LogP contribution < -0.4 is 0 Å². The van der Waals surface area contributed by atoms with Crippen LogP contribution in [0.15, 0.2) is 27.6 Å². The zero-order valence-corrected chi connectivity index (χ0v) is 15.4. The number of benzene rings is 1. The Kier molecular flexibility index (Phi) is 5.87. The molecule has 0 atom stereocenters. The molecule has 0 saturated carbocycles. The fourth-order valence-corrected chi connectivity index (χ4v) is 4.81. The summed E-state index contributed by atoms with van der Waals surface area (Å²) in [6.45, 7) is 3.39. The Labute approximate surface area is 144 Å². The molecule has 22 heavy (non-hydrogen) atoms. The number of rotatable bonds is 4. The molecule has 1 saturated heterocycles. The van der Waals surface area contributed by atoms with Crippen LogP contribution in [0.25, 0.3) is 0 Å². The molecule has 1 aromatic carbocycles. The molecule has 0 aliphatic carbocycles. The second kappa shape index (κ2) is 7.29. The number of hydrogen-bond donors (Lipinski definition) is 0. The Morgan fingerprint density at radius 2 is 1.91 bits per heavy atom. The van der Waals surface area contributed by atoms with Gasteiger partial charge < -0.3 is 4.90 Å². The topological polar surface area (TPSA) is 57.7 Å². The monoisotopic (exact) mass is 408 g/mol. The molecule has 2 rings (SSSR count). The highest BCUT2D eigenvalue weighted by molar-refractivity contribution is 9.10. The van der Waals surface area contributed by atoms with E-state index in [9.17, 15) is 13.2 Å². The van der Waals surface area contributed by atoms with Crippen molar-refractivity contribution in [2.45, 2.75) is 24.7 Å². The van der Waals surface area contributed by atoms with Gasteiger partial charge in [0.1, 0.15) is 4.90 Å². The molecule has 0 bridgehead atoms. The lowest BCUT2D eigenvalue weighted by atomic mass is 10.2. The zero-order chi connectivity index (χ0) is 16.3. The Morgan fingerprint density at radius 1 is 1.27 bits per heavy atom. The largest absolute Gasteiger partial charge is 0.340 e. The first-order chi connectivity index (χ1) is 10.4. The van der Waals surface area contributed by atoms with Crippen molar-refractivity contribution < 1.29 is 13.2 Å². The number of carbonyl (C=O) groups is 1. The molecule has 5 nitrogen and oxygen atoms in total. The normalized spacial score (nSPS) is 16.8. The molecule has 0 unspecified atom stereocenters. The fraction of sp³-hybridized carbons (Fsp3) is 0.500. The minimum absolute atomic E-state index is 0.0845. The van der Waals surface area contributed by atoms with Crippen molar-refractivity contribution in [3.8, 4) is 0 Å². The fourth-order valence-electron chi connectivity index (χ4n) is 2.37. The molecule has 1 heterocycles. The Balaban J connectivity index is 2.11. The average Bonchev–Trinajstić information content (AvgIpc) is 2.47. The highest BCUT2D eigenvalue weighted by atomic mass is 79.9. The lowest BCUT2D eigenvalue weighted by molar-refractivity contribution is -0.132. The summed E-state index contributed by atoms with van der Waals surface area (Å²) in [6, 6.07) is 4.71. The van der Waals surface area contributed by atoms with E-state index in [-0.39, 0.29) is 15.8 Å². The van der Waals surface area contributed by atoms with E-state index in [4.69, 9.17) is 11.6 Å². The molecule has 1 fully saturated rings. The van der Waals surface area contributed by atoms with E-state index in [0.29, 0.717) is 32.6 Å². The van der Waals surface area contributed by atoms with Crippen molar-refractivity contribution >= 4 is 43.5 Å². The molecule has 8 heteroatoms. The summed E-state index contributed by atoms with van der Waals surface area (Å²) < 4.78 is 27.4. The third kappa shape index (κ3) is 3.82. The van der Waals surface area contributed by atoms with E-state index in [1.54, 1.807) is 17.0 Å². The lowest BCUT2D eigenvalue weighted by Crippen LogP contribution is -2.50. The maximum atomic E-state index is 12.6. The van der Waals surface area contributed by atoms with Gasteiger partial charge in [-0.05, 0) is 24.6 Å². The Hall–Kier alpha value is -0.630. The first kappa shape index (κ1) is 17.7. The number of piperazine rings is 1. The molecule has 1 aliphatic heterocycles. The van der Waals surface area contributed by atoms with Crippen LogP contribution in [-0.2, 0) is 14.8 Å². The molecule has 1 aliphatic rings. The molecular weight excluding hydrogens is 392 g/mol. The molecule has 1 aromatic rings. The van der Waals surface area contributed by atoms with E-state index in [2.05, 4.69) is 15.9 Å². The van der Waals surface area contributed by atoms with Crippen LogP contribution in [0.1, 0.15) is 19.8 Å². The van der Waals surface area contributed by atoms with Crippen LogP contribution in [0.3, 0.4) is 0 Å². The molecule has 0 spiro atoms. The molecule has 122 valence electrons. The number of sulfonamides is 1. The van der Waals surface area contributed by atoms with Gasteiger partial charge in [-0.25, -0.2) is 8.42 Å². The molecule has 0 N–H and O–H groups in total. The van der Waals surface area contributed by atoms with Gasteiger partial charge in [0.2, 0.25) is 15.9 Å². The number of halogens is 2. The van der Waals surface area contributed by atoms with Gasteiger partial charge in [0.25, 0.3) is 0 Å². The van der Waals surface area contributed by atoms with Gasteiger partial charge in [-0.2, -0.15) is 4.31 Å². The van der Waals surface area contributed by atoms with Crippen LogP contribution in [0.5, 0.6) is 0 Å². The minimum Gasteiger partial charge on any atom is -0.340 e. The van der Waals surface area contributed by atoms with Crippen LogP contribution in [-0.4, -0.2) is 49.7 Å². The number of hydrogen-bond acceptors (Lipinski definition) is 3. The van der Waals surface area contributed by atoms with Crippen molar-refractivity contribution in [3.05, 3.63) is 27.7 Å². The Morgan fingerprint density at radius 3 is 2.45 bits per heavy atom. The SMILES string of the molecule is CCCC(=O)N1CCN(S(=O)(=O)c2ccc(Br)cc2Cl)CC1. The number of amides is 1. The van der Waals surface area contributed by atoms with Crippen molar-refractivity contribution in [2.75, 3.05) is 26.2 Å². The standard InChI is InChI=1S/C14H18BrClN2O3S/c1-2-3-14(19)17-6-8-18(9-7-17)22(20,21)13-5-4-11(15)10-12(13)16/h4-5,10H,2-3,6-9H2,1H3. The van der Waals surface area contributed by atoms with E-state index >= 15 is 0 Å². The third-order valence-electron chi connectivity index (χ3n) is 3.57. The van der Waals surface area contributed by atoms with E-state index < -0.39 is 10.0 Å². The molecule has 0 radical (unpaired) electrons. The summed E-state index contributed by atoms with van der Waals surface area (Å²) in [5.41, 5.74) is 0. The van der Waals surface area contributed by atoms with Crippen LogP contribution in [0, 0.1) is 0 Å². The number of nitrogens with zero attached hydrogens (tertiary/aromatic N) is 2. The van der Waals surface area contributed by atoms with Gasteiger partial charge in [-0.3, -0.25) is 4.79 Å². The summed E-state index contributed by atoms with van der Waals surface area (Å²) in [5, 5.41) is 0.193. The predicted molar refractivity (Wildman–Crippen MR) is 89.4 cm³/mol. The van der Waals surface area contributed by atoms with Gasteiger partial charge in [0.05, 0.1) is 5.02 Å². The van der Waals surface area contributed by atoms with Gasteiger partial charge in [0, 0.05) is 37.1 Å². The first-order valence-corrected chi connectivity index (χ1v) is 9.70. The second-order valence-electron chi connectivity index (χ2n) is 5.11. The average molecular weight is 410 g/mol. The highest BCUT2D eigenvalue weighted by Gasteiger charge is 2.31. The van der Waals surface area contributed by atoms with Crippen LogP contribution >= 0.6 is 27.5 Å². The number of carbonyl (C=O) groups excluding carboxylic acids is 1. The zero-order valence-electron chi connectivity index (χ0n) is 12.3. The van der Waals surface area contributed by atoms with Gasteiger partial charge in [-0.1, -0.05) is 34.5 Å². The van der Waals surface area contributed by atoms with Crippen molar-refractivity contribution in [3.63, 3.8) is 0 Å². The van der Waals surface area contributed by atoms with Crippen molar-refractivity contribution in [1.29, 1.82) is 0 Å². The summed E-state index contributed by atoms with van der Waals surface area (Å²) >= 11 is 9.31. The summed E-state index contributed by atoms with van der Waals surface area (Å²) in [5.74, 6) is 0.0845. The van der Waals surface area contributed by atoms with Crippen LogP contribution in [0.4, 0.5) is 0 Å². The summed E-state index contributed by atoms with van der Waals surface area (Å²) in [4.78, 5) is 13.7. The minimum atomic E-state index is -3.63. The maximum absolute atomic E-state index is 12.6. The van der Waals surface area contributed by atoms with E-state index in [1.807, 2.05) is 6.92 Å². The first-order valence-electron chi connectivity index (χ1n) is 7.09. The van der Waals surface area contributed by atoms with E-state index in [1.165, 1.54) is 10.4 Å². The van der Waals surface area contributed by atoms with Crippen LogP contribution in [0.2, 0.25) is 5.02 Å². The summed E-state index contributed by atoms with van der Waals surface area (Å²) in [7, 11) is -3.63. The quantitative estimate of drug-likeness (QED) is 0.768. The van der Waals surface area contributed by atoms with Crippen molar-refractivity contribution in [2.24, 2.45) is 0 Å². The Bertz CT molecular complexity index is 658. The van der Waals surface area contributed by atoms with Gasteiger partial charge in [0.15, 0.2) is 0 Å². The van der Waals surface area contributed by atoms with Crippen molar-refractivity contribution in [1.82, 2.24) is 9.21 Å². The predicted octanol–water partition coefficient (Wildman–Crippen LogP) is 2.74.